The fraction of sp³-hybridized carbons (Fsp3) is 0.583. The molecule has 272 valence electrons. The fourth-order valence-electron chi connectivity index (χ4n) is 6.78. The molecule has 1 aromatic rings. The van der Waals surface area contributed by atoms with Gasteiger partial charge in [0.2, 0.25) is 12.3 Å². The van der Waals surface area contributed by atoms with Crippen LogP contribution < -0.4 is 20.7 Å². The van der Waals surface area contributed by atoms with Crippen molar-refractivity contribution >= 4 is 41.8 Å². The SMILES string of the molecule is CSCC[C@H](NC=O)C(=O)N[C@@H](CC(C)C)C(=O)Oc1ccc(COC(=O)C2=CN(C3CC3)C3CC(N4CCNCC4)C(F)=CC3C2=O)cc1. The van der Waals surface area contributed by atoms with Crippen molar-refractivity contribution in [2.75, 3.05) is 38.2 Å². The van der Waals surface area contributed by atoms with E-state index in [1.807, 2.05) is 20.1 Å². The first-order valence-electron chi connectivity index (χ1n) is 17.4. The lowest BCUT2D eigenvalue weighted by molar-refractivity contribution is -0.143. The Morgan fingerprint density at radius 2 is 1.84 bits per heavy atom. The summed E-state index contributed by atoms with van der Waals surface area (Å²) in [7, 11) is 0. The van der Waals surface area contributed by atoms with Gasteiger partial charge in [0.1, 0.15) is 35.8 Å². The molecular weight excluding hydrogens is 665 g/mol. The maximum atomic E-state index is 15.4. The minimum Gasteiger partial charge on any atom is -0.457 e. The van der Waals surface area contributed by atoms with Crippen LogP contribution in [0.4, 0.5) is 4.39 Å². The molecule has 2 aliphatic heterocycles. The van der Waals surface area contributed by atoms with Gasteiger partial charge < -0.3 is 30.3 Å². The molecule has 2 heterocycles. The van der Waals surface area contributed by atoms with E-state index in [2.05, 4.69) is 25.8 Å². The molecule has 5 atom stereocenters. The van der Waals surface area contributed by atoms with Crippen LogP contribution in [0.3, 0.4) is 0 Å². The maximum absolute atomic E-state index is 15.4. The molecule has 3 unspecified atom stereocenters. The highest BCUT2D eigenvalue weighted by Gasteiger charge is 2.48. The van der Waals surface area contributed by atoms with Crippen LogP contribution in [0.5, 0.6) is 5.75 Å². The number of nitrogens with zero attached hydrogens (tertiary/aromatic N) is 2. The first-order valence-corrected chi connectivity index (χ1v) is 18.8. The van der Waals surface area contributed by atoms with E-state index in [0.29, 0.717) is 37.0 Å². The van der Waals surface area contributed by atoms with Gasteiger partial charge in [-0.05, 0) is 73.8 Å². The average Bonchev–Trinajstić information content (AvgIpc) is 3.95. The first kappa shape index (κ1) is 37.5. The Labute approximate surface area is 296 Å². The standard InChI is InChI=1S/C36H48FN5O7S/c1-22(2)16-30(40-34(45)29(39-21-43)10-15-50-3)36(47)49-25-8-4-23(5-9-25)20-48-35(46)27-19-42(24-6-7-24)31-18-32(41-13-11-38-12-14-41)28(37)17-26(31)33(27)44/h4-5,8-9,17,19,21-22,24,26,29-32,38H,6-7,10-16,18,20H2,1-3H3,(H,39,43)(H,40,45)/t26?,29-,30-,31?,32?/m0/s1. The molecule has 5 rings (SSSR count). The second-order valence-electron chi connectivity index (χ2n) is 13.7. The molecule has 0 spiro atoms. The zero-order chi connectivity index (χ0) is 35.8. The first-order chi connectivity index (χ1) is 24.1. The predicted molar refractivity (Wildman–Crippen MR) is 187 cm³/mol. The lowest BCUT2D eigenvalue weighted by Crippen LogP contribution is -2.56. The zero-order valence-electron chi connectivity index (χ0n) is 28.9. The number of thioether (sulfide) groups is 1. The van der Waals surface area contributed by atoms with Crippen molar-refractivity contribution in [3.05, 3.63) is 53.5 Å². The van der Waals surface area contributed by atoms with Crippen LogP contribution in [0.1, 0.15) is 51.5 Å². The van der Waals surface area contributed by atoms with Crippen molar-refractivity contribution in [2.24, 2.45) is 11.8 Å². The summed E-state index contributed by atoms with van der Waals surface area (Å²) in [4.78, 5) is 68.0. The Bertz CT molecular complexity index is 1460. The fourth-order valence-corrected chi connectivity index (χ4v) is 7.25. The normalized spacial score (nSPS) is 23.6. The molecule has 14 heteroatoms. The number of benzene rings is 1. The highest BCUT2D eigenvalue weighted by molar-refractivity contribution is 7.98. The van der Waals surface area contributed by atoms with Crippen molar-refractivity contribution in [1.29, 1.82) is 0 Å². The van der Waals surface area contributed by atoms with E-state index in [1.54, 1.807) is 42.2 Å². The van der Waals surface area contributed by atoms with Crippen molar-refractivity contribution in [2.45, 2.75) is 82.8 Å². The van der Waals surface area contributed by atoms with E-state index in [4.69, 9.17) is 9.47 Å². The van der Waals surface area contributed by atoms with E-state index in [9.17, 15) is 24.0 Å². The smallest absolute Gasteiger partial charge is 0.343 e. The number of ketones is 1. The predicted octanol–water partition coefficient (Wildman–Crippen LogP) is 2.48. The lowest BCUT2D eigenvalue weighted by atomic mass is 9.78. The number of ether oxygens (including phenoxy) is 2. The monoisotopic (exact) mass is 713 g/mol. The molecule has 2 aliphatic carbocycles. The van der Waals surface area contributed by atoms with Crippen molar-refractivity contribution in [3.63, 3.8) is 0 Å². The Morgan fingerprint density at radius 3 is 2.48 bits per heavy atom. The van der Waals surface area contributed by atoms with Crippen LogP contribution in [0, 0.1) is 11.8 Å². The van der Waals surface area contributed by atoms with Crippen molar-refractivity contribution in [3.8, 4) is 5.75 Å². The van der Waals surface area contributed by atoms with Gasteiger partial charge in [-0.3, -0.25) is 19.3 Å². The van der Waals surface area contributed by atoms with E-state index in [0.717, 1.165) is 39.0 Å². The number of nitrogens with one attached hydrogen (secondary N) is 3. The molecule has 0 aromatic heterocycles. The Hall–Kier alpha value is -3.75. The van der Waals surface area contributed by atoms with Gasteiger partial charge in [-0.1, -0.05) is 26.0 Å². The van der Waals surface area contributed by atoms with Crippen LogP contribution in [0.25, 0.3) is 0 Å². The number of piperazine rings is 1. The lowest BCUT2D eigenvalue weighted by Gasteiger charge is -2.45. The molecule has 3 N–H and O–H groups in total. The summed E-state index contributed by atoms with van der Waals surface area (Å²) in [6, 6.07) is 4.33. The van der Waals surface area contributed by atoms with Gasteiger partial charge in [0, 0.05) is 44.5 Å². The molecule has 0 radical (unpaired) electrons. The maximum Gasteiger partial charge on any atom is 0.343 e. The van der Waals surface area contributed by atoms with Crippen LogP contribution in [0.2, 0.25) is 0 Å². The molecule has 1 saturated carbocycles. The highest BCUT2D eigenvalue weighted by Crippen LogP contribution is 2.42. The van der Waals surface area contributed by atoms with Crippen molar-refractivity contribution in [1.82, 2.24) is 25.8 Å². The van der Waals surface area contributed by atoms with E-state index >= 15 is 4.39 Å². The van der Waals surface area contributed by atoms with Gasteiger partial charge in [0.05, 0.1) is 12.0 Å². The molecule has 2 fully saturated rings. The number of rotatable bonds is 16. The quantitative estimate of drug-likeness (QED) is 0.101. The summed E-state index contributed by atoms with van der Waals surface area (Å²) in [5, 5.41) is 8.53. The second kappa shape index (κ2) is 17.5. The summed E-state index contributed by atoms with van der Waals surface area (Å²) in [5.41, 5.74) is 0.524. The van der Waals surface area contributed by atoms with E-state index < -0.39 is 41.6 Å². The number of hydrogen-bond acceptors (Lipinski definition) is 11. The molecule has 2 amide bonds. The van der Waals surface area contributed by atoms with Gasteiger partial charge >= 0.3 is 11.9 Å². The van der Waals surface area contributed by atoms with Gasteiger partial charge in [0.25, 0.3) is 0 Å². The summed E-state index contributed by atoms with van der Waals surface area (Å²) in [5.74, 6) is -2.38. The van der Waals surface area contributed by atoms with Crippen LogP contribution in [-0.2, 0) is 35.3 Å². The Morgan fingerprint density at radius 1 is 1.12 bits per heavy atom. The Kier molecular flexibility index (Phi) is 13.1. The topological polar surface area (TPSA) is 146 Å². The zero-order valence-corrected chi connectivity index (χ0v) is 29.7. The van der Waals surface area contributed by atoms with Gasteiger partial charge in [-0.25, -0.2) is 14.0 Å². The van der Waals surface area contributed by atoms with E-state index in [-0.39, 0.29) is 47.8 Å². The third-order valence-corrected chi connectivity index (χ3v) is 10.2. The van der Waals surface area contributed by atoms with Crippen LogP contribution in [-0.4, -0.2) is 108 Å². The average molecular weight is 714 g/mol. The minimum atomic E-state index is -0.926. The number of Topliss-reactive ketones (excluding diaryl/α,β-unsaturated/α-hetero) is 1. The molecular formula is C36H48FN5O7S. The minimum absolute atomic E-state index is 0.0735. The van der Waals surface area contributed by atoms with Crippen LogP contribution in [0.15, 0.2) is 47.9 Å². The second-order valence-corrected chi connectivity index (χ2v) is 14.7. The van der Waals surface area contributed by atoms with Crippen molar-refractivity contribution < 1.29 is 37.8 Å². The van der Waals surface area contributed by atoms with Gasteiger partial charge in [0.15, 0.2) is 5.78 Å². The van der Waals surface area contributed by atoms with Crippen LogP contribution >= 0.6 is 11.8 Å². The number of halogens is 1. The van der Waals surface area contributed by atoms with E-state index in [1.165, 1.54) is 6.08 Å². The van der Waals surface area contributed by atoms with Gasteiger partial charge in [-0.15, -0.1) is 0 Å². The molecule has 50 heavy (non-hydrogen) atoms. The number of fused-ring (bicyclic) bond motifs is 1. The summed E-state index contributed by atoms with van der Waals surface area (Å²) >= 11 is 1.54. The third kappa shape index (κ3) is 9.52. The molecule has 12 nitrogen and oxygen atoms in total. The molecule has 4 aliphatic rings. The summed E-state index contributed by atoms with van der Waals surface area (Å²) < 4.78 is 26.5. The van der Waals surface area contributed by atoms with Gasteiger partial charge in [-0.2, -0.15) is 11.8 Å². The number of esters is 2. The summed E-state index contributed by atoms with van der Waals surface area (Å²) in [6.07, 6.45) is 8.58. The molecule has 1 aromatic carbocycles. The number of carbonyl (C=O) groups is 5. The number of carbonyl (C=O) groups excluding carboxylic acids is 5. The number of hydrogen-bond donors (Lipinski definition) is 3. The highest BCUT2D eigenvalue weighted by atomic mass is 32.2. The molecule has 1 saturated heterocycles. The largest absolute Gasteiger partial charge is 0.457 e. The number of amides is 2. The Balaban J connectivity index is 1.18. The summed E-state index contributed by atoms with van der Waals surface area (Å²) in [6.45, 7) is 6.80. The molecule has 0 bridgehead atoms. The third-order valence-electron chi connectivity index (χ3n) is 9.56.